The Hall–Kier alpha value is -2.42. The number of benzene rings is 1. The van der Waals surface area contributed by atoms with Crippen LogP contribution in [0.25, 0.3) is 28.4 Å². The first-order valence-corrected chi connectivity index (χ1v) is 6.33. The van der Waals surface area contributed by atoms with Crippen LogP contribution >= 0.6 is 0 Å². The van der Waals surface area contributed by atoms with Crippen molar-refractivity contribution < 1.29 is 4.79 Å². The standard InChI is InChI=1S/C16H12N2O/c1-18-14-7-4-8-15(19)12(14)9-11-10-5-2-3-6-13(10)17-16(11)18/h2-7,9H,8H2,1H3. The Morgan fingerprint density at radius 2 is 2.05 bits per heavy atom. The van der Waals surface area contributed by atoms with Crippen LogP contribution in [0.5, 0.6) is 0 Å². The van der Waals surface area contributed by atoms with Gasteiger partial charge in [0.05, 0.1) is 11.2 Å². The van der Waals surface area contributed by atoms with Crippen molar-refractivity contribution in [2.45, 2.75) is 6.42 Å². The summed E-state index contributed by atoms with van der Waals surface area (Å²) in [6, 6.07) is 10.0. The molecule has 0 amide bonds. The number of aromatic nitrogens is 2. The fourth-order valence-electron chi connectivity index (χ4n) is 2.82. The molecule has 0 spiro atoms. The van der Waals surface area contributed by atoms with Crippen molar-refractivity contribution in [1.29, 1.82) is 0 Å². The minimum Gasteiger partial charge on any atom is -0.328 e. The molecule has 1 aliphatic carbocycles. The molecule has 1 aromatic carbocycles. The van der Waals surface area contributed by atoms with Crippen LogP contribution in [0.3, 0.4) is 0 Å². The van der Waals surface area contributed by atoms with E-state index in [4.69, 9.17) is 0 Å². The van der Waals surface area contributed by atoms with E-state index >= 15 is 0 Å². The molecule has 0 N–H and O–H groups in total. The van der Waals surface area contributed by atoms with Crippen LogP contribution in [0.2, 0.25) is 0 Å². The lowest BCUT2D eigenvalue weighted by atomic mass is 9.97. The van der Waals surface area contributed by atoms with Gasteiger partial charge in [0.2, 0.25) is 0 Å². The number of carbonyl (C=O) groups is 1. The fraction of sp³-hybridized carbons (Fsp3) is 0.125. The molecule has 0 unspecified atom stereocenters. The zero-order chi connectivity index (χ0) is 13.0. The van der Waals surface area contributed by atoms with E-state index in [0.717, 1.165) is 33.5 Å². The average molecular weight is 248 g/mol. The van der Waals surface area contributed by atoms with Crippen LogP contribution in [0.4, 0.5) is 0 Å². The minimum absolute atomic E-state index is 0.181. The Labute approximate surface area is 110 Å². The van der Waals surface area contributed by atoms with Gasteiger partial charge in [-0.3, -0.25) is 4.79 Å². The van der Waals surface area contributed by atoms with Gasteiger partial charge in [-0.05, 0) is 18.2 Å². The van der Waals surface area contributed by atoms with Crippen molar-refractivity contribution in [2.24, 2.45) is 7.05 Å². The Bertz CT molecular complexity index is 826. The summed E-state index contributed by atoms with van der Waals surface area (Å²) >= 11 is 0. The first kappa shape index (κ1) is 10.5. The molecule has 0 radical (unpaired) electrons. The van der Waals surface area contributed by atoms with Gasteiger partial charge in [-0.25, -0.2) is 4.98 Å². The van der Waals surface area contributed by atoms with Gasteiger partial charge in [-0.15, -0.1) is 0 Å². The van der Waals surface area contributed by atoms with Gasteiger partial charge >= 0.3 is 0 Å². The maximum Gasteiger partial charge on any atom is 0.168 e. The van der Waals surface area contributed by atoms with Crippen molar-refractivity contribution >= 4 is 22.8 Å². The summed E-state index contributed by atoms with van der Waals surface area (Å²) < 4.78 is 2.01. The SMILES string of the molecule is Cn1c2nc3ccccc3c-2cc2c1C=CCC2=O. The normalized spacial score (nSPS) is 14.3. The Morgan fingerprint density at radius 3 is 2.95 bits per heavy atom. The first-order chi connectivity index (χ1) is 9.25. The molecular weight excluding hydrogens is 236 g/mol. The highest BCUT2D eigenvalue weighted by Gasteiger charge is 2.22. The second-order valence-corrected chi connectivity index (χ2v) is 4.90. The number of hydrogen-bond acceptors (Lipinski definition) is 2. The highest BCUT2D eigenvalue weighted by molar-refractivity contribution is 6.06. The van der Waals surface area contributed by atoms with E-state index < -0.39 is 0 Å². The molecule has 3 aliphatic rings. The summed E-state index contributed by atoms with van der Waals surface area (Å²) in [5.41, 5.74) is 3.79. The van der Waals surface area contributed by atoms with Crippen LogP contribution in [0, 0.1) is 0 Å². The van der Waals surface area contributed by atoms with E-state index in [-0.39, 0.29) is 5.78 Å². The molecule has 3 heteroatoms. The molecular formula is C16H12N2O. The molecule has 92 valence electrons. The first-order valence-electron chi connectivity index (χ1n) is 6.33. The number of pyridine rings is 1. The lowest BCUT2D eigenvalue weighted by Crippen LogP contribution is -2.13. The van der Waals surface area contributed by atoms with Gasteiger partial charge in [-0.1, -0.05) is 24.3 Å². The number of Topliss-reactive ketones (excluding diaryl/α,β-unsaturated/α-hetero) is 1. The van der Waals surface area contributed by atoms with Gasteiger partial charge in [0.1, 0.15) is 5.82 Å². The number of carbonyl (C=O) groups excluding carboxylic acids is 1. The summed E-state index contributed by atoms with van der Waals surface area (Å²) in [4.78, 5) is 16.7. The summed E-state index contributed by atoms with van der Waals surface area (Å²) in [7, 11) is 1.97. The molecule has 2 heterocycles. The van der Waals surface area contributed by atoms with E-state index in [1.807, 2.05) is 48.0 Å². The Morgan fingerprint density at radius 1 is 1.21 bits per heavy atom. The number of para-hydroxylation sites is 1. The number of rotatable bonds is 0. The smallest absolute Gasteiger partial charge is 0.168 e. The Balaban J connectivity index is 2.20. The zero-order valence-electron chi connectivity index (χ0n) is 10.6. The van der Waals surface area contributed by atoms with Gasteiger partial charge in [-0.2, -0.15) is 0 Å². The molecule has 1 aromatic rings. The van der Waals surface area contributed by atoms with E-state index in [1.54, 1.807) is 0 Å². The van der Waals surface area contributed by atoms with Crippen LogP contribution < -0.4 is 0 Å². The highest BCUT2D eigenvalue weighted by atomic mass is 16.1. The van der Waals surface area contributed by atoms with Gasteiger partial charge in [0.15, 0.2) is 5.78 Å². The maximum absolute atomic E-state index is 12.1. The van der Waals surface area contributed by atoms with Crippen molar-refractivity contribution in [3.63, 3.8) is 0 Å². The molecule has 4 rings (SSSR count). The number of nitrogens with zero attached hydrogens (tertiary/aromatic N) is 2. The van der Waals surface area contributed by atoms with E-state index in [2.05, 4.69) is 11.1 Å². The van der Waals surface area contributed by atoms with E-state index in [9.17, 15) is 4.79 Å². The van der Waals surface area contributed by atoms with E-state index in [1.165, 1.54) is 0 Å². The molecule has 0 aromatic heterocycles. The summed E-state index contributed by atoms with van der Waals surface area (Å²) in [6.07, 6.45) is 4.42. The van der Waals surface area contributed by atoms with Gasteiger partial charge in [0, 0.05) is 30.0 Å². The summed E-state index contributed by atoms with van der Waals surface area (Å²) in [5, 5.41) is 1.11. The number of allylic oxidation sites excluding steroid dienone is 1. The third-order valence-corrected chi connectivity index (χ3v) is 3.78. The summed E-state index contributed by atoms with van der Waals surface area (Å²) in [6.45, 7) is 0. The monoisotopic (exact) mass is 248 g/mol. The minimum atomic E-state index is 0.181. The summed E-state index contributed by atoms with van der Waals surface area (Å²) in [5.74, 6) is 1.11. The topological polar surface area (TPSA) is 34.9 Å². The molecule has 0 saturated heterocycles. The third-order valence-electron chi connectivity index (χ3n) is 3.78. The average Bonchev–Trinajstić information content (AvgIpc) is 2.80. The third kappa shape index (κ3) is 1.32. The molecule has 0 saturated carbocycles. The van der Waals surface area contributed by atoms with Crippen molar-refractivity contribution in [2.75, 3.05) is 0 Å². The van der Waals surface area contributed by atoms with Crippen LogP contribution in [0.1, 0.15) is 22.5 Å². The second kappa shape index (κ2) is 3.54. The van der Waals surface area contributed by atoms with Crippen molar-refractivity contribution in [3.8, 4) is 11.4 Å². The predicted octanol–water partition coefficient (Wildman–Crippen LogP) is 3.28. The van der Waals surface area contributed by atoms with Crippen molar-refractivity contribution in [1.82, 2.24) is 9.55 Å². The molecule has 0 atom stereocenters. The number of hydrogen-bond donors (Lipinski definition) is 0. The van der Waals surface area contributed by atoms with Crippen LogP contribution in [0.15, 0.2) is 36.4 Å². The van der Waals surface area contributed by atoms with Crippen molar-refractivity contribution in [3.05, 3.63) is 47.7 Å². The molecule has 3 nitrogen and oxygen atoms in total. The fourth-order valence-corrected chi connectivity index (χ4v) is 2.82. The maximum atomic E-state index is 12.1. The highest BCUT2D eigenvalue weighted by Crippen LogP contribution is 2.34. The predicted molar refractivity (Wildman–Crippen MR) is 75.3 cm³/mol. The lowest BCUT2D eigenvalue weighted by Gasteiger charge is -2.17. The van der Waals surface area contributed by atoms with Gasteiger partial charge in [0.25, 0.3) is 0 Å². The van der Waals surface area contributed by atoms with Crippen LogP contribution in [-0.4, -0.2) is 15.3 Å². The zero-order valence-corrected chi connectivity index (χ0v) is 10.6. The quantitative estimate of drug-likeness (QED) is 0.612. The van der Waals surface area contributed by atoms with Gasteiger partial charge < -0.3 is 4.57 Å². The molecule has 19 heavy (non-hydrogen) atoms. The van der Waals surface area contributed by atoms with E-state index in [0.29, 0.717) is 6.42 Å². The molecule has 0 bridgehead atoms. The second-order valence-electron chi connectivity index (χ2n) is 4.90. The number of ketones is 1. The number of fused-ring (bicyclic) bond motifs is 4. The largest absolute Gasteiger partial charge is 0.328 e. The Kier molecular flexibility index (Phi) is 1.96. The molecule has 2 aliphatic heterocycles. The lowest BCUT2D eigenvalue weighted by molar-refractivity contribution is 0.0993. The van der Waals surface area contributed by atoms with Crippen LogP contribution in [-0.2, 0) is 7.05 Å². The molecule has 0 fully saturated rings.